The zero-order valence-electron chi connectivity index (χ0n) is 8.16. The Morgan fingerprint density at radius 2 is 2.00 bits per heavy atom. The third kappa shape index (κ3) is 2.08. The molecule has 0 radical (unpaired) electrons. The second-order valence-electron chi connectivity index (χ2n) is 3.39. The molecule has 2 unspecified atom stereocenters. The van der Waals surface area contributed by atoms with E-state index in [0.717, 1.165) is 5.56 Å². The van der Waals surface area contributed by atoms with Crippen LogP contribution in [0.3, 0.4) is 0 Å². The topological polar surface area (TPSA) is 66.5 Å². The van der Waals surface area contributed by atoms with Gasteiger partial charge in [-0.3, -0.25) is 0 Å². The van der Waals surface area contributed by atoms with Gasteiger partial charge in [-0.05, 0) is 25.5 Å². The minimum Gasteiger partial charge on any atom is -0.507 e. The molecule has 0 aliphatic heterocycles. The lowest BCUT2D eigenvalue weighted by molar-refractivity contribution is 0.162. The first kappa shape index (κ1) is 11.5. The van der Waals surface area contributed by atoms with Gasteiger partial charge in [0, 0.05) is 10.0 Å². The predicted octanol–water partition coefficient (Wildman–Crippen LogP) is 1.84. The summed E-state index contributed by atoms with van der Waals surface area (Å²) in [7, 11) is 0. The number of aromatic hydroxyl groups is 1. The van der Waals surface area contributed by atoms with Crippen LogP contribution in [0.1, 0.15) is 24.1 Å². The second-order valence-corrected chi connectivity index (χ2v) is 4.25. The molecule has 0 aliphatic carbocycles. The molecule has 0 aliphatic rings. The summed E-state index contributed by atoms with van der Waals surface area (Å²) in [6.45, 7) is 3.39. The van der Waals surface area contributed by atoms with Gasteiger partial charge in [-0.2, -0.15) is 0 Å². The van der Waals surface area contributed by atoms with Crippen LogP contribution >= 0.6 is 15.9 Å². The number of hydrogen-bond acceptors (Lipinski definition) is 3. The number of aryl methyl sites for hydroxylation is 1. The maximum atomic E-state index is 9.78. The molecule has 0 fully saturated rings. The van der Waals surface area contributed by atoms with Gasteiger partial charge in [0.15, 0.2) is 0 Å². The van der Waals surface area contributed by atoms with E-state index in [1.807, 2.05) is 6.07 Å². The van der Waals surface area contributed by atoms with Crippen molar-refractivity contribution in [1.29, 1.82) is 0 Å². The summed E-state index contributed by atoms with van der Waals surface area (Å²) in [6.07, 6.45) is -0.695. The highest BCUT2D eigenvalue weighted by molar-refractivity contribution is 9.10. The Kier molecular flexibility index (Phi) is 3.53. The van der Waals surface area contributed by atoms with Crippen molar-refractivity contribution in [2.24, 2.45) is 5.73 Å². The number of hydrogen-bond donors (Lipinski definition) is 3. The van der Waals surface area contributed by atoms with Gasteiger partial charge >= 0.3 is 0 Å². The Morgan fingerprint density at radius 1 is 1.43 bits per heavy atom. The Morgan fingerprint density at radius 3 is 2.50 bits per heavy atom. The number of aliphatic hydroxyl groups excluding tert-OH is 1. The van der Waals surface area contributed by atoms with E-state index in [9.17, 15) is 10.2 Å². The van der Waals surface area contributed by atoms with E-state index in [1.54, 1.807) is 19.9 Å². The quantitative estimate of drug-likeness (QED) is 0.760. The number of aliphatic hydroxyl groups is 1. The molecule has 0 amide bonds. The molecule has 78 valence electrons. The normalized spacial score (nSPS) is 15.2. The highest BCUT2D eigenvalue weighted by Gasteiger charge is 2.19. The molecule has 0 bridgehead atoms. The number of phenolic OH excluding ortho intramolecular Hbond substituents is 1. The van der Waals surface area contributed by atoms with Gasteiger partial charge in [-0.15, -0.1) is 0 Å². The van der Waals surface area contributed by atoms with E-state index >= 15 is 0 Å². The Hall–Kier alpha value is -0.580. The van der Waals surface area contributed by atoms with Crippen LogP contribution in [0.5, 0.6) is 5.75 Å². The predicted molar refractivity (Wildman–Crippen MR) is 59.2 cm³/mol. The summed E-state index contributed by atoms with van der Waals surface area (Å²) in [5.41, 5.74) is 7.07. The van der Waals surface area contributed by atoms with E-state index in [-0.39, 0.29) is 5.75 Å². The standard InChI is InChI=1S/C10H14BrNO2/c1-5-3-4-7(11)8(10(5)14)9(12)6(2)13/h3-4,6,9,13-14H,12H2,1-2H3. The van der Waals surface area contributed by atoms with Crippen LogP contribution in [-0.4, -0.2) is 16.3 Å². The van der Waals surface area contributed by atoms with Gasteiger partial charge in [0.2, 0.25) is 0 Å². The van der Waals surface area contributed by atoms with Crippen molar-refractivity contribution >= 4 is 15.9 Å². The van der Waals surface area contributed by atoms with Crippen LogP contribution in [0, 0.1) is 6.92 Å². The molecular formula is C10H14BrNO2. The molecule has 1 aromatic rings. The smallest absolute Gasteiger partial charge is 0.124 e. The van der Waals surface area contributed by atoms with Gasteiger partial charge in [0.05, 0.1) is 12.1 Å². The maximum Gasteiger partial charge on any atom is 0.124 e. The number of halogens is 1. The molecule has 0 aromatic heterocycles. The van der Waals surface area contributed by atoms with Crippen LogP contribution in [0.25, 0.3) is 0 Å². The highest BCUT2D eigenvalue weighted by Crippen LogP contribution is 2.34. The van der Waals surface area contributed by atoms with Crippen molar-refractivity contribution in [3.8, 4) is 5.75 Å². The van der Waals surface area contributed by atoms with Gasteiger partial charge < -0.3 is 15.9 Å². The number of rotatable bonds is 2. The van der Waals surface area contributed by atoms with Crippen molar-refractivity contribution in [2.75, 3.05) is 0 Å². The number of phenols is 1. The van der Waals surface area contributed by atoms with E-state index in [4.69, 9.17) is 5.73 Å². The lowest BCUT2D eigenvalue weighted by Gasteiger charge is -2.19. The maximum absolute atomic E-state index is 9.78. The van der Waals surface area contributed by atoms with Gasteiger partial charge in [-0.1, -0.05) is 22.0 Å². The van der Waals surface area contributed by atoms with Crippen molar-refractivity contribution in [3.63, 3.8) is 0 Å². The Bertz CT molecular complexity index is 339. The average molecular weight is 260 g/mol. The Balaban J connectivity index is 3.25. The summed E-state index contributed by atoms with van der Waals surface area (Å²) >= 11 is 3.30. The highest BCUT2D eigenvalue weighted by atomic mass is 79.9. The number of nitrogens with two attached hydrogens (primary N) is 1. The van der Waals surface area contributed by atoms with Crippen LogP contribution in [0.4, 0.5) is 0 Å². The molecule has 2 atom stereocenters. The monoisotopic (exact) mass is 259 g/mol. The van der Waals surface area contributed by atoms with Gasteiger partial charge in [-0.25, -0.2) is 0 Å². The van der Waals surface area contributed by atoms with Crippen LogP contribution in [0.2, 0.25) is 0 Å². The van der Waals surface area contributed by atoms with Gasteiger partial charge in [0.25, 0.3) is 0 Å². The number of benzene rings is 1. The molecule has 0 saturated heterocycles. The lowest BCUT2D eigenvalue weighted by Crippen LogP contribution is -2.23. The minimum absolute atomic E-state index is 0.146. The molecule has 0 heterocycles. The van der Waals surface area contributed by atoms with Gasteiger partial charge in [0.1, 0.15) is 5.75 Å². The minimum atomic E-state index is -0.695. The SMILES string of the molecule is Cc1ccc(Br)c(C(N)C(C)O)c1O. The molecule has 3 nitrogen and oxygen atoms in total. The average Bonchev–Trinajstić information content (AvgIpc) is 2.12. The van der Waals surface area contributed by atoms with Crippen LogP contribution in [0.15, 0.2) is 16.6 Å². The Labute approximate surface area is 91.7 Å². The fraction of sp³-hybridized carbons (Fsp3) is 0.400. The molecule has 14 heavy (non-hydrogen) atoms. The molecule has 1 aromatic carbocycles. The fourth-order valence-corrected chi connectivity index (χ4v) is 1.83. The fourth-order valence-electron chi connectivity index (χ4n) is 1.25. The third-order valence-electron chi connectivity index (χ3n) is 2.22. The van der Waals surface area contributed by atoms with E-state index in [1.165, 1.54) is 0 Å². The molecule has 4 heteroatoms. The summed E-state index contributed by atoms with van der Waals surface area (Å²) in [5, 5.41) is 19.1. The molecule has 0 saturated carbocycles. The van der Waals surface area contributed by atoms with Crippen molar-refractivity contribution in [2.45, 2.75) is 26.0 Å². The van der Waals surface area contributed by atoms with Crippen LogP contribution in [-0.2, 0) is 0 Å². The van der Waals surface area contributed by atoms with E-state index in [2.05, 4.69) is 15.9 Å². The summed E-state index contributed by atoms with van der Waals surface area (Å²) < 4.78 is 0.717. The van der Waals surface area contributed by atoms with E-state index < -0.39 is 12.1 Å². The third-order valence-corrected chi connectivity index (χ3v) is 2.91. The first-order valence-electron chi connectivity index (χ1n) is 4.36. The summed E-state index contributed by atoms with van der Waals surface area (Å²) in [4.78, 5) is 0. The van der Waals surface area contributed by atoms with Crippen LogP contribution < -0.4 is 5.73 Å². The largest absolute Gasteiger partial charge is 0.507 e. The summed E-state index contributed by atoms with van der Waals surface area (Å²) in [5.74, 6) is 0.146. The zero-order chi connectivity index (χ0) is 10.9. The van der Waals surface area contributed by atoms with E-state index in [0.29, 0.717) is 10.0 Å². The first-order valence-corrected chi connectivity index (χ1v) is 5.16. The first-order chi connectivity index (χ1) is 6.45. The summed E-state index contributed by atoms with van der Waals surface area (Å²) in [6, 6.07) is 3.02. The van der Waals surface area contributed by atoms with Crippen molar-refractivity contribution in [1.82, 2.24) is 0 Å². The molecule has 1 rings (SSSR count). The molecular weight excluding hydrogens is 246 g/mol. The molecule has 4 N–H and O–H groups in total. The van der Waals surface area contributed by atoms with Crippen molar-refractivity contribution < 1.29 is 10.2 Å². The zero-order valence-corrected chi connectivity index (χ0v) is 9.75. The molecule has 0 spiro atoms. The lowest BCUT2D eigenvalue weighted by atomic mass is 10.00. The second kappa shape index (κ2) is 4.29. The van der Waals surface area contributed by atoms with Crippen molar-refractivity contribution in [3.05, 3.63) is 27.7 Å².